The molecule has 0 unspecified atom stereocenters. The monoisotopic (exact) mass is 359 g/mol. The number of halogens is 1. The SMILES string of the molecule is COC(=O)NC(=O)CN1CCN(S(=O)(=O)c2cccc(F)c2)CC1. The number of nitrogens with one attached hydrogen (secondary N) is 1. The lowest BCUT2D eigenvalue weighted by atomic mass is 10.3. The molecule has 10 heteroatoms. The normalized spacial score (nSPS) is 16.6. The van der Waals surface area contributed by atoms with Gasteiger partial charge in [0.05, 0.1) is 18.6 Å². The molecule has 1 saturated heterocycles. The highest BCUT2D eigenvalue weighted by Crippen LogP contribution is 2.18. The van der Waals surface area contributed by atoms with Crippen LogP contribution in [0.2, 0.25) is 0 Å². The van der Waals surface area contributed by atoms with Crippen molar-refractivity contribution in [2.75, 3.05) is 39.8 Å². The van der Waals surface area contributed by atoms with E-state index in [4.69, 9.17) is 0 Å². The first-order valence-electron chi connectivity index (χ1n) is 7.19. The molecule has 2 rings (SSSR count). The first-order chi connectivity index (χ1) is 11.3. The summed E-state index contributed by atoms with van der Waals surface area (Å²) in [7, 11) is -2.62. The van der Waals surface area contributed by atoms with Crippen LogP contribution in [-0.4, -0.2) is 69.5 Å². The summed E-state index contributed by atoms with van der Waals surface area (Å²) in [5.41, 5.74) is 0. The number of nitrogens with zero attached hydrogens (tertiary/aromatic N) is 2. The van der Waals surface area contributed by atoms with Gasteiger partial charge in [0, 0.05) is 26.2 Å². The maximum Gasteiger partial charge on any atom is 0.413 e. The summed E-state index contributed by atoms with van der Waals surface area (Å²) in [4.78, 5) is 24.2. The lowest BCUT2D eigenvalue weighted by molar-refractivity contribution is -0.121. The molecule has 0 bridgehead atoms. The van der Waals surface area contributed by atoms with E-state index in [9.17, 15) is 22.4 Å². The van der Waals surface area contributed by atoms with Gasteiger partial charge in [-0.05, 0) is 18.2 Å². The smallest absolute Gasteiger partial charge is 0.413 e. The first kappa shape index (κ1) is 18.3. The van der Waals surface area contributed by atoms with Crippen molar-refractivity contribution in [3.63, 3.8) is 0 Å². The Labute approximate surface area is 139 Å². The average Bonchev–Trinajstić information content (AvgIpc) is 2.55. The number of rotatable bonds is 4. The molecule has 0 atom stereocenters. The lowest BCUT2D eigenvalue weighted by Gasteiger charge is -2.33. The number of carbonyl (C=O) groups is 2. The third-order valence-corrected chi connectivity index (χ3v) is 5.45. The van der Waals surface area contributed by atoms with Gasteiger partial charge in [0.2, 0.25) is 15.9 Å². The molecule has 24 heavy (non-hydrogen) atoms. The molecule has 0 spiro atoms. The Morgan fingerprint density at radius 1 is 1.25 bits per heavy atom. The number of imide groups is 1. The zero-order chi connectivity index (χ0) is 17.7. The van der Waals surface area contributed by atoms with Crippen molar-refractivity contribution in [3.8, 4) is 0 Å². The fourth-order valence-electron chi connectivity index (χ4n) is 2.31. The molecule has 0 aromatic heterocycles. The van der Waals surface area contributed by atoms with Crippen molar-refractivity contribution in [2.24, 2.45) is 0 Å². The van der Waals surface area contributed by atoms with Crippen LogP contribution in [0.1, 0.15) is 0 Å². The van der Waals surface area contributed by atoms with Crippen molar-refractivity contribution in [1.29, 1.82) is 0 Å². The van der Waals surface area contributed by atoms with Crippen molar-refractivity contribution in [1.82, 2.24) is 14.5 Å². The Bertz CT molecular complexity index is 717. The molecule has 0 saturated carbocycles. The molecule has 1 aromatic carbocycles. The molecule has 1 aliphatic heterocycles. The van der Waals surface area contributed by atoms with Crippen molar-refractivity contribution >= 4 is 22.0 Å². The van der Waals surface area contributed by atoms with E-state index in [1.807, 2.05) is 5.32 Å². The summed E-state index contributed by atoms with van der Waals surface area (Å²) >= 11 is 0. The van der Waals surface area contributed by atoms with Crippen molar-refractivity contribution in [2.45, 2.75) is 4.90 Å². The van der Waals surface area contributed by atoms with Crippen LogP contribution < -0.4 is 5.32 Å². The number of benzene rings is 1. The fraction of sp³-hybridized carbons (Fsp3) is 0.429. The molecule has 1 heterocycles. The summed E-state index contributed by atoms with van der Waals surface area (Å²) < 4.78 is 43.7. The summed E-state index contributed by atoms with van der Waals surface area (Å²) in [5.74, 6) is -1.14. The minimum Gasteiger partial charge on any atom is -0.453 e. The number of amides is 2. The van der Waals surface area contributed by atoms with Gasteiger partial charge in [-0.3, -0.25) is 15.0 Å². The Morgan fingerprint density at radius 3 is 2.50 bits per heavy atom. The van der Waals surface area contributed by atoms with E-state index in [0.717, 1.165) is 13.2 Å². The zero-order valence-electron chi connectivity index (χ0n) is 13.1. The van der Waals surface area contributed by atoms with E-state index in [1.165, 1.54) is 22.5 Å². The molecule has 132 valence electrons. The molecule has 0 radical (unpaired) electrons. The lowest BCUT2D eigenvalue weighted by Crippen LogP contribution is -2.51. The van der Waals surface area contributed by atoms with Gasteiger partial charge < -0.3 is 4.74 Å². The van der Waals surface area contributed by atoms with E-state index in [2.05, 4.69) is 4.74 Å². The van der Waals surface area contributed by atoms with Gasteiger partial charge in [-0.2, -0.15) is 4.31 Å². The van der Waals surface area contributed by atoms with Crippen molar-refractivity contribution < 1.29 is 27.1 Å². The Balaban J connectivity index is 1.92. The summed E-state index contributed by atoms with van der Waals surface area (Å²) in [6.45, 7) is 0.948. The Kier molecular flexibility index (Phi) is 5.86. The fourth-order valence-corrected chi connectivity index (χ4v) is 3.77. The third-order valence-electron chi connectivity index (χ3n) is 3.56. The minimum absolute atomic E-state index is 0.0387. The number of carbonyl (C=O) groups excluding carboxylic acids is 2. The standard InChI is InChI=1S/C14H18FN3O5S/c1-23-14(20)16-13(19)10-17-5-7-18(8-6-17)24(21,22)12-4-2-3-11(15)9-12/h2-4,9H,5-8,10H2,1H3,(H,16,19,20). The van der Waals surface area contributed by atoms with Gasteiger partial charge >= 0.3 is 6.09 Å². The average molecular weight is 359 g/mol. The molecule has 8 nitrogen and oxygen atoms in total. The second-order valence-corrected chi connectivity index (χ2v) is 7.12. The van der Waals surface area contributed by atoms with Crippen LogP contribution in [-0.2, 0) is 19.6 Å². The number of sulfonamides is 1. The number of alkyl carbamates (subject to hydrolysis) is 1. The van der Waals surface area contributed by atoms with Gasteiger partial charge in [0.25, 0.3) is 0 Å². The quantitative estimate of drug-likeness (QED) is 0.814. The maximum atomic E-state index is 13.2. The van der Waals surface area contributed by atoms with Crippen LogP contribution >= 0.6 is 0 Å². The van der Waals surface area contributed by atoms with Crippen LogP contribution in [0.4, 0.5) is 9.18 Å². The van der Waals surface area contributed by atoms with Crippen LogP contribution in [0.25, 0.3) is 0 Å². The third kappa shape index (κ3) is 4.49. The van der Waals surface area contributed by atoms with Crippen LogP contribution in [0.3, 0.4) is 0 Å². The predicted molar refractivity (Wildman–Crippen MR) is 82.1 cm³/mol. The molecular weight excluding hydrogens is 341 g/mol. The molecule has 0 aliphatic carbocycles. The molecule has 1 aromatic rings. The minimum atomic E-state index is -3.77. The number of hydrogen-bond donors (Lipinski definition) is 1. The Hall–Kier alpha value is -2.04. The summed E-state index contributed by atoms with van der Waals surface area (Å²) in [6, 6.07) is 4.84. The molecule has 1 fully saturated rings. The summed E-state index contributed by atoms with van der Waals surface area (Å²) in [5, 5.41) is 2.04. The van der Waals surface area contributed by atoms with Crippen LogP contribution in [0, 0.1) is 5.82 Å². The van der Waals surface area contributed by atoms with E-state index >= 15 is 0 Å². The van der Waals surface area contributed by atoms with Crippen LogP contribution in [0.15, 0.2) is 29.2 Å². The maximum absolute atomic E-state index is 13.2. The number of hydrogen-bond acceptors (Lipinski definition) is 6. The van der Waals surface area contributed by atoms with E-state index < -0.39 is 27.8 Å². The molecule has 1 aliphatic rings. The van der Waals surface area contributed by atoms with E-state index in [1.54, 1.807) is 4.90 Å². The topological polar surface area (TPSA) is 96.0 Å². The van der Waals surface area contributed by atoms with Gasteiger partial charge in [0.1, 0.15) is 5.82 Å². The van der Waals surface area contributed by atoms with Gasteiger partial charge in [0.15, 0.2) is 0 Å². The van der Waals surface area contributed by atoms with E-state index in [-0.39, 0.29) is 24.5 Å². The van der Waals surface area contributed by atoms with E-state index in [0.29, 0.717) is 13.1 Å². The Morgan fingerprint density at radius 2 is 1.92 bits per heavy atom. The second-order valence-electron chi connectivity index (χ2n) is 5.18. The zero-order valence-corrected chi connectivity index (χ0v) is 13.9. The predicted octanol–water partition coefficient (Wildman–Crippen LogP) is 0.0146. The summed E-state index contributed by atoms with van der Waals surface area (Å²) in [6.07, 6.45) is -0.840. The highest BCUT2D eigenvalue weighted by atomic mass is 32.2. The number of ether oxygens (including phenoxy) is 1. The largest absolute Gasteiger partial charge is 0.453 e. The molecular formula is C14H18FN3O5S. The van der Waals surface area contributed by atoms with Gasteiger partial charge in [-0.25, -0.2) is 17.6 Å². The molecule has 1 N–H and O–H groups in total. The van der Waals surface area contributed by atoms with Gasteiger partial charge in [-0.1, -0.05) is 6.07 Å². The highest BCUT2D eigenvalue weighted by Gasteiger charge is 2.29. The van der Waals surface area contributed by atoms with Gasteiger partial charge in [-0.15, -0.1) is 0 Å². The molecule has 2 amide bonds. The second kappa shape index (κ2) is 7.69. The first-order valence-corrected chi connectivity index (χ1v) is 8.63. The van der Waals surface area contributed by atoms with Crippen molar-refractivity contribution in [3.05, 3.63) is 30.1 Å². The number of methoxy groups -OCH3 is 1. The highest BCUT2D eigenvalue weighted by molar-refractivity contribution is 7.89. The van der Waals surface area contributed by atoms with Crippen LogP contribution in [0.5, 0.6) is 0 Å². The number of piperazine rings is 1.